The van der Waals surface area contributed by atoms with Gasteiger partial charge in [0, 0.05) is 11.6 Å². The number of aromatic hydroxyl groups is 2. The monoisotopic (exact) mass is 214 g/mol. The summed E-state index contributed by atoms with van der Waals surface area (Å²) in [5.41, 5.74) is 3.46. The van der Waals surface area contributed by atoms with Gasteiger partial charge >= 0.3 is 0 Å². The molecule has 2 aromatic rings. The molecule has 2 heteroatoms. The van der Waals surface area contributed by atoms with Crippen molar-refractivity contribution in [2.45, 2.75) is 13.8 Å². The Bertz CT molecular complexity index is 516. The fourth-order valence-electron chi connectivity index (χ4n) is 1.85. The normalized spacial score (nSPS) is 10.4. The average Bonchev–Trinajstić information content (AvgIpc) is 2.28. The van der Waals surface area contributed by atoms with E-state index in [4.69, 9.17) is 0 Å². The van der Waals surface area contributed by atoms with Crippen molar-refractivity contribution < 1.29 is 10.2 Å². The highest BCUT2D eigenvalue weighted by molar-refractivity contribution is 5.76. The molecule has 2 rings (SSSR count). The van der Waals surface area contributed by atoms with Gasteiger partial charge in [-0.25, -0.2) is 0 Å². The van der Waals surface area contributed by atoms with E-state index in [-0.39, 0.29) is 11.5 Å². The van der Waals surface area contributed by atoms with Crippen LogP contribution in [-0.2, 0) is 0 Å². The van der Waals surface area contributed by atoms with E-state index in [9.17, 15) is 10.2 Å². The minimum atomic E-state index is 0.117. The molecular formula is C14H14O2. The summed E-state index contributed by atoms with van der Waals surface area (Å²) in [4.78, 5) is 0. The highest BCUT2D eigenvalue weighted by atomic mass is 16.3. The maximum atomic E-state index is 9.89. The van der Waals surface area contributed by atoms with Crippen LogP contribution in [0.25, 0.3) is 11.1 Å². The van der Waals surface area contributed by atoms with E-state index in [1.165, 1.54) is 6.07 Å². The molecule has 0 heterocycles. The number of phenolic OH excluding ortho intramolecular Hbond substituents is 2. The van der Waals surface area contributed by atoms with Crippen LogP contribution in [0.2, 0.25) is 0 Å². The predicted octanol–water partition coefficient (Wildman–Crippen LogP) is 3.38. The van der Waals surface area contributed by atoms with Gasteiger partial charge in [-0.3, -0.25) is 0 Å². The Morgan fingerprint density at radius 1 is 0.812 bits per heavy atom. The van der Waals surface area contributed by atoms with Crippen LogP contribution in [0.1, 0.15) is 11.1 Å². The van der Waals surface area contributed by atoms with E-state index in [0.717, 1.165) is 22.3 Å². The largest absolute Gasteiger partial charge is 0.508 e. The summed E-state index contributed by atoms with van der Waals surface area (Å²) in [6, 6.07) is 11.1. The molecule has 82 valence electrons. The van der Waals surface area contributed by atoms with E-state index >= 15 is 0 Å². The molecule has 0 amide bonds. The molecule has 0 atom stereocenters. The maximum absolute atomic E-state index is 9.89. The van der Waals surface area contributed by atoms with E-state index in [0.29, 0.717) is 0 Å². The zero-order chi connectivity index (χ0) is 11.7. The van der Waals surface area contributed by atoms with Gasteiger partial charge in [0.05, 0.1) is 0 Å². The van der Waals surface area contributed by atoms with Crippen LogP contribution in [0.4, 0.5) is 0 Å². The third-order valence-electron chi connectivity index (χ3n) is 2.91. The summed E-state index contributed by atoms with van der Waals surface area (Å²) in [5.74, 6) is 0.251. The van der Waals surface area contributed by atoms with Crippen molar-refractivity contribution in [2.24, 2.45) is 0 Å². The first-order valence-electron chi connectivity index (χ1n) is 5.19. The topological polar surface area (TPSA) is 40.5 Å². The minimum absolute atomic E-state index is 0.117. The minimum Gasteiger partial charge on any atom is -0.508 e. The molecule has 0 saturated carbocycles. The van der Waals surface area contributed by atoms with E-state index in [2.05, 4.69) is 0 Å². The number of benzene rings is 2. The van der Waals surface area contributed by atoms with Crippen LogP contribution in [-0.4, -0.2) is 10.2 Å². The number of hydrogen-bond donors (Lipinski definition) is 2. The Kier molecular flexibility index (Phi) is 2.57. The van der Waals surface area contributed by atoms with Crippen molar-refractivity contribution in [3.8, 4) is 22.6 Å². The van der Waals surface area contributed by atoms with Crippen LogP contribution in [0.15, 0.2) is 36.4 Å². The van der Waals surface area contributed by atoms with Gasteiger partial charge in [-0.2, -0.15) is 0 Å². The Balaban J connectivity index is 2.71. The van der Waals surface area contributed by atoms with E-state index in [1.807, 2.05) is 44.2 Å². The fourth-order valence-corrected chi connectivity index (χ4v) is 1.85. The smallest absolute Gasteiger partial charge is 0.127 e. The standard InChI is InChI=1S/C14H14O2/c1-9-10(2)14(13(16)8-12(9)15)11-6-4-3-5-7-11/h3-8,15-16H,1-2H3. The summed E-state index contributed by atoms with van der Waals surface area (Å²) in [6.07, 6.45) is 0. The third kappa shape index (κ3) is 1.63. The summed E-state index contributed by atoms with van der Waals surface area (Å²) in [5, 5.41) is 19.5. The SMILES string of the molecule is Cc1c(O)cc(O)c(-c2ccccc2)c1C. The van der Waals surface area contributed by atoms with Gasteiger partial charge in [-0.05, 0) is 30.5 Å². The molecule has 0 aliphatic rings. The molecule has 0 unspecified atom stereocenters. The van der Waals surface area contributed by atoms with Gasteiger partial charge in [0.2, 0.25) is 0 Å². The van der Waals surface area contributed by atoms with Gasteiger partial charge in [0.25, 0.3) is 0 Å². The Morgan fingerprint density at radius 3 is 2.06 bits per heavy atom. The zero-order valence-corrected chi connectivity index (χ0v) is 9.36. The molecule has 2 N–H and O–H groups in total. The lowest BCUT2D eigenvalue weighted by Crippen LogP contribution is -1.89. The second kappa shape index (κ2) is 3.89. The quantitative estimate of drug-likeness (QED) is 0.764. The summed E-state index contributed by atoms with van der Waals surface area (Å²) < 4.78 is 0. The van der Waals surface area contributed by atoms with Crippen molar-refractivity contribution in [2.75, 3.05) is 0 Å². The van der Waals surface area contributed by atoms with Gasteiger partial charge in [0.1, 0.15) is 11.5 Å². The Labute approximate surface area is 94.8 Å². The second-order valence-corrected chi connectivity index (χ2v) is 3.91. The van der Waals surface area contributed by atoms with Crippen LogP contribution >= 0.6 is 0 Å². The highest BCUT2D eigenvalue weighted by Gasteiger charge is 2.12. The predicted molar refractivity (Wildman–Crippen MR) is 64.7 cm³/mol. The fraction of sp³-hybridized carbons (Fsp3) is 0.143. The van der Waals surface area contributed by atoms with Crippen molar-refractivity contribution in [3.05, 3.63) is 47.5 Å². The van der Waals surface area contributed by atoms with Crippen LogP contribution in [0, 0.1) is 13.8 Å². The van der Waals surface area contributed by atoms with Crippen LogP contribution < -0.4 is 0 Å². The average molecular weight is 214 g/mol. The molecule has 0 bridgehead atoms. The van der Waals surface area contributed by atoms with Gasteiger partial charge in [-0.1, -0.05) is 30.3 Å². The summed E-state index contributed by atoms with van der Waals surface area (Å²) in [7, 11) is 0. The lowest BCUT2D eigenvalue weighted by Gasteiger charge is -2.12. The molecule has 0 aliphatic heterocycles. The lowest BCUT2D eigenvalue weighted by atomic mass is 9.95. The molecule has 0 fully saturated rings. The third-order valence-corrected chi connectivity index (χ3v) is 2.91. The first-order chi connectivity index (χ1) is 7.61. The van der Waals surface area contributed by atoms with Crippen LogP contribution in [0.5, 0.6) is 11.5 Å². The zero-order valence-electron chi connectivity index (χ0n) is 9.36. The molecule has 2 aromatic carbocycles. The van der Waals surface area contributed by atoms with Crippen LogP contribution in [0.3, 0.4) is 0 Å². The Hall–Kier alpha value is -1.96. The van der Waals surface area contributed by atoms with E-state index < -0.39 is 0 Å². The molecule has 0 spiro atoms. The molecular weight excluding hydrogens is 200 g/mol. The van der Waals surface area contributed by atoms with Gasteiger partial charge in [0.15, 0.2) is 0 Å². The molecule has 0 aliphatic carbocycles. The van der Waals surface area contributed by atoms with Gasteiger partial charge in [-0.15, -0.1) is 0 Å². The van der Waals surface area contributed by atoms with E-state index in [1.54, 1.807) is 0 Å². The molecule has 0 radical (unpaired) electrons. The second-order valence-electron chi connectivity index (χ2n) is 3.91. The number of phenols is 2. The maximum Gasteiger partial charge on any atom is 0.127 e. The van der Waals surface area contributed by atoms with Crippen molar-refractivity contribution in [1.29, 1.82) is 0 Å². The first kappa shape index (κ1) is 10.6. The van der Waals surface area contributed by atoms with Crippen molar-refractivity contribution in [1.82, 2.24) is 0 Å². The lowest BCUT2D eigenvalue weighted by molar-refractivity contribution is 0.448. The Morgan fingerprint density at radius 2 is 1.44 bits per heavy atom. The molecule has 0 saturated heterocycles. The number of hydrogen-bond acceptors (Lipinski definition) is 2. The summed E-state index contributed by atoms with van der Waals surface area (Å²) >= 11 is 0. The first-order valence-corrected chi connectivity index (χ1v) is 5.19. The van der Waals surface area contributed by atoms with Gasteiger partial charge < -0.3 is 10.2 Å². The number of rotatable bonds is 1. The molecule has 16 heavy (non-hydrogen) atoms. The van der Waals surface area contributed by atoms with Crippen molar-refractivity contribution in [3.63, 3.8) is 0 Å². The van der Waals surface area contributed by atoms with Crippen molar-refractivity contribution >= 4 is 0 Å². The molecule has 0 aromatic heterocycles. The molecule has 2 nitrogen and oxygen atoms in total. The highest BCUT2D eigenvalue weighted by Crippen LogP contribution is 2.38. The summed E-state index contributed by atoms with van der Waals surface area (Å²) in [6.45, 7) is 3.74.